The van der Waals surface area contributed by atoms with Gasteiger partial charge in [-0.3, -0.25) is 0 Å². The van der Waals surface area contributed by atoms with Crippen molar-refractivity contribution in [3.8, 4) is 0 Å². The van der Waals surface area contributed by atoms with E-state index in [4.69, 9.17) is 0 Å². The summed E-state index contributed by atoms with van der Waals surface area (Å²) < 4.78 is 12.4. The third-order valence-electron chi connectivity index (χ3n) is 2.05. The van der Waals surface area contributed by atoms with Crippen LogP contribution in [0.2, 0.25) is 0 Å². The fourth-order valence-corrected chi connectivity index (χ4v) is 1.10. The van der Waals surface area contributed by atoms with Crippen molar-refractivity contribution < 1.29 is 4.39 Å². The van der Waals surface area contributed by atoms with Crippen LogP contribution in [-0.2, 0) is 0 Å². The van der Waals surface area contributed by atoms with E-state index in [0.29, 0.717) is 0 Å². The molecule has 0 spiro atoms. The van der Waals surface area contributed by atoms with E-state index in [9.17, 15) is 4.39 Å². The summed E-state index contributed by atoms with van der Waals surface area (Å²) in [5, 5.41) is 0. The SMILES string of the molecule is C=C(F)/C=C\C(=C/C)N(C)CCN(C)C.CC. The molecule has 0 aromatic rings. The molecule has 0 saturated heterocycles. The lowest BCUT2D eigenvalue weighted by Gasteiger charge is -2.22. The molecule has 0 aliphatic carbocycles. The molecular formula is C14H27FN2. The predicted molar refractivity (Wildman–Crippen MR) is 75.7 cm³/mol. The molecule has 0 N–H and O–H groups in total. The van der Waals surface area contributed by atoms with Gasteiger partial charge >= 0.3 is 0 Å². The van der Waals surface area contributed by atoms with Gasteiger partial charge in [-0.15, -0.1) is 0 Å². The van der Waals surface area contributed by atoms with Gasteiger partial charge in [-0.25, -0.2) is 4.39 Å². The molecule has 17 heavy (non-hydrogen) atoms. The normalized spacial score (nSPS) is 11.4. The number of allylic oxidation sites excluding steroid dienone is 4. The summed E-state index contributed by atoms with van der Waals surface area (Å²) in [6, 6.07) is 0. The number of hydrogen-bond donors (Lipinski definition) is 0. The first kappa shape index (κ1) is 18.3. The van der Waals surface area contributed by atoms with Crippen LogP contribution in [0.4, 0.5) is 4.39 Å². The Morgan fingerprint density at radius 3 is 2.00 bits per heavy atom. The van der Waals surface area contributed by atoms with Gasteiger partial charge in [-0.1, -0.05) is 26.5 Å². The largest absolute Gasteiger partial charge is 0.374 e. The Morgan fingerprint density at radius 2 is 1.65 bits per heavy atom. The summed E-state index contributed by atoms with van der Waals surface area (Å²) in [5.74, 6) is -0.421. The predicted octanol–water partition coefficient (Wildman–Crippen LogP) is 3.45. The van der Waals surface area contributed by atoms with E-state index in [1.54, 1.807) is 6.08 Å². The summed E-state index contributed by atoms with van der Waals surface area (Å²) in [6.07, 6.45) is 5.06. The van der Waals surface area contributed by atoms with Crippen molar-refractivity contribution in [3.05, 3.63) is 36.3 Å². The Kier molecular flexibility index (Phi) is 12.3. The van der Waals surface area contributed by atoms with Crippen LogP contribution in [-0.4, -0.2) is 44.0 Å². The summed E-state index contributed by atoms with van der Waals surface area (Å²) >= 11 is 0. The molecule has 0 saturated carbocycles. The lowest BCUT2D eigenvalue weighted by atomic mass is 10.3. The van der Waals surface area contributed by atoms with Gasteiger partial charge < -0.3 is 9.80 Å². The maximum Gasteiger partial charge on any atom is 0.116 e. The first-order valence-electron chi connectivity index (χ1n) is 6.02. The molecule has 0 bridgehead atoms. The highest BCUT2D eigenvalue weighted by molar-refractivity contribution is 5.21. The van der Waals surface area contributed by atoms with Crippen molar-refractivity contribution in [2.45, 2.75) is 20.8 Å². The summed E-state index contributed by atoms with van der Waals surface area (Å²) in [7, 11) is 6.05. The molecule has 2 nitrogen and oxygen atoms in total. The highest BCUT2D eigenvalue weighted by atomic mass is 19.1. The molecule has 0 aliphatic rings. The van der Waals surface area contributed by atoms with E-state index in [-0.39, 0.29) is 0 Å². The first-order chi connectivity index (χ1) is 7.97. The second-order valence-electron chi connectivity index (χ2n) is 3.72. The van der Waals surface area contributed by atoms with Crippen molar-refractivity contribution in [1.82, 2.24) is 9.80 Å². The highest BCUT2D eigenvalue weighted by Crippen LogP contribution is 2.05. The van der Waals surface area contributed by atoms with Gasteiger partial charge in [0.05, 0.1) is 0 Å². The van der Waals surface area contributed by atoms with Gasteiger partial charge in [0.25, 0.3) is 0 Å². The number of likely N-dealkylation sites (N-methyl/N-ethyl adjacent to an activating group) is 2. The van der Waals surface area contributed by atoms with Crippen LogP contribution in [0.15, 0.2) is 36.3 Å². The zero-order chi connectivity index (χ0) is 13.8. The van der Waals surface area contributed by atoms with Gasteiger partial charge in [-0.05, 0) is 33.2 Å². The molecule has 0 radical (unpaired) electrons. The smallest absolute Gasteiger partial charge is 0.116 e. The van der Waals surface area contributed by atoms with Crippen LogP contribution < -0.4 is 0 Å². The minimum absolute atomic E-state index is 0.421. The van der Waals surface area contributed by atoms with Crippen LogP contribution in [0, 0.1) is 0 Å². The van der Waals surface area contributed by atoms with Crippen molar-refractivity contribution >= 4 is 0 Å². The van der Waals surface area contributed by atoms with Crippen LogP contribution >= 0.6 is 0 Å². The molecule has 0 unspecified atom stereocenters. The number of nitrogens with zero attached hydrogens (tertiary/aromatic N) is 2. The van der Waals surface area contributed by atoms with E-state index in [1.807, 2.05) is 48.0 Å². The molecule has 0 amide bonds. The molecule has 3 heteroatoms. The van der Waals surface area contributed by atoms with E-state index >= 15 is 0 Å². The second kappa shape index (κ2) is 11.4. The van der Waals surface area contributed by atoms with Crippen LogP contribution in [0.25, 0.3) is 0 Å². The number of halogens is 1. The molecule has 0 fully saturated rings. The molecule has 0 aromatic heterocycles. The molecule has 0 aromatic carbocycles. The maximum absolute atomic E-state index is 12.4. The Labute approximate surface area is 106 Å². The fraction of sp³-hybridized carbons (Fsp3) is 0.571. The third kappa shape index (κ3) is 11.2. The molecular weight excluding hydrogens is 215 g/mol. The summed E-state index contributed by atoms with van der Waals surface area (Å²) in [4.78, 5) is 4.20. The first-order valence-corrected chi connectivity index (χ1v) is 6.02. The van der Waals surface area contributed by atoms with Gasteiger partial charge in [0.1, 0.15) is 5.83 Å². The molecule has 0 atom stereocenters. The zero-order valence-electron chi connectivity index (χ0n) is 12.1. The van der Waals surface area contributed by atoms with Gasteiger partial charge in [0, 0.05) is 25.8 Å². The van der Waals surface area contributed by atoms with Crippen LogP contribution in [0.1, 0.15) is 20.8 Å². The van der Waals surface area contributed by atoms with E-state index < -0.39 is 5.83 Å². The third-order valence-corrected chi connectivity index (χ3v) is 2.05. The molecule has 0 heterocycles. The minimum Gasteiger partial charge on any atom is -0.374 e. The lowest BCUT2D eigenvalue weighted by molar-refractivity contribution is 0.330. The summed E-state index contributed by atoms with van der Waals surface area (Å²) in [6.45, 7) is 11.0. The average molecular weight is 242 g/mol. The van der Waals surface area contributed by atoms with E-state index in [1.165, 1.54) is 6.08 Å². The Bertz CT molecular complexity index is 255. The van der Waals surface area contributed by atoms with Gasteiger partial charge in [-0.2, -0.15) is 0 Å². The Hall–Kier alpha value is -1.09. The monoisotopic (exact) mass is 242 g/mol. The molecule has 0 rings (SSSR count). The zero-order valence-corrected chi connectivity index (χ0v) is 12.1. The standard InChI is InChI=1S/C12H21FN2.C2H6/c1-6-12(8-7-11(2)13)15(5)10-9-14(3)4;1-2/h6-8H,2,9-10H2,1,3-5H3;1-2H3/b8-7-,12-6+;. The van der Waals surface area contributed by atoms with Crippen molar-refractivity contribution in [2.75, 3.05) is 34.2 Å². The highest BCUT2D eigenvalue weighted by Gasteiger charge is 2.00. The van der Waals surface area contributed by atoms with Crippen LogP contribution in [0.3, 0.4) is 0 Å². The minimum atomic E-state index is -0.421. The summed E-state index contributed by atoms with van der Waals surface area (Å²) in [5.41, 5.74) is 0.996. The molecule has 0 aliphatic heterocycles. The molecule has 100 valence electrons. The van der Waals surface area contributed by atoms with Crippen molar-refractivity contribution in [3.63, 3.8) is 0 Å². The van der Waals surface area contributed by atoms with Gasteiger partial charge in [0.2, 0.25) is 0 Å². The van der Waals surface area contributed by atoms with Gasteiger partial charge in [0.15, 0.2) is 0 Å². The number of rotatable bonds is 6. The van der Waals surface area contributed by atoms with Crippen molar-refractivity contribution in [2.24, 2.45) is 0 Å². The Balaban J connectivity index is 0. The second-order valence-corrected chi connectivity index (χ2v) is 3.72. The van der Waals surface area contributed by atoms with Crippen LogP contribution in [0.5, 0.6) is 0 Å². The quantitative estimate of drug-likeness (QED) is 0.658. The maximum atomic E-state index is 12.4. The number of hydrogen-bond acceptors (Lipinski definition) is 2. The fourth-order valence-electron chi connectivity index (χ4n) is 1.10. The lowest BCUT2D eigenvalue weighted by Crippen LogP contribution is -2.27. The van der Waals surface area contributed by atoms with E-state index in [2.05, 4.69) is 16.4 Å². The average Bonchev–Trinajstić information content (AvgIpc) is 2.29. The van der Waals surface area contributed by atoms with E-state index in [0.717, 1.165) is 18.8 Å². The topological polar surface area (TPSA) is 6.48 Å². The van der Waals surface area contributed by atoms with Crippen molar-refractivity contribution in [1.29, 1.82) is 0 Å². The Morgan fingerprint density at radius 1 is 1.12 bits per heavy atom.